The van der Waals surface area contributed by atoms with E-state index in [0.717, 1.165) is 5.69 Å². The van der Waals surface area contributed by atoms with Gasteiger partial charge >= 0.3 is 0 Å². The van der Waals surface area contributed by atoms with Gasteiger partial charge in [-0.15, -0.1) is 0 Å². The fourth-order valence-electron chi connectivity index (χ4n) is 1.80. The molecule has 21 heavy (non-hydrogen) atoms. The number of hydrogen-bond donors (Lipinski definition) is 3. The molecule has 0 unspecified atom stereocenters. The highest BCUT2D eigenvalue weighted by Crippen LogP contribution is 2.16. The molecule has 2 heterocycles. The van der Waals surface area contributed by atoms with Crippen LogP contribution >= 0.6 is 0 Å². The molecule has 2 aromatic rings. The number of aromatic nitrogens is 3. The van der Waals surface area contributed by atoms with Crippen LogP contribution in [0.2, 0.25) is 0 Å². The van der Waals surface area contributed by atoms with E-state index in [1.165, 1.54) is 12.4 Å². The van der Waals surface area contributed by atoms with Crippen LogP contribution in [0.4, 0.5) is 5.69 Å². The molecular weight excluding hydrogens is 294 g/mol. The fourth-order valence-corrected chi connectivity index (χ4v) is 2.85. The molecule has 2 rings (SSSR count). The van der Waals surface area contributed by atoms with E-state index in [2.05, 4.69) is 20.1 Å². The normalized spacial score (nSPS) is 11.7. The Labute approximate surface area is 123 Å². The molecule has 0 fully saturated rings. The van der Waals surface area contributed by atoms with Gasteiger partial charge in [0, 0.05) is 31.7 Å². The smallest absolute Gasteiger partial charge is 0.263 e. The van der Waals surface area contributed by atoms with Gasteiger partial charge in [0.1, 0.15) is 4.90 Å². The molecule has 2 aromatic heterocycles. The first-order valence-corrected chi connectivity index (χ1v) is 7.89. The van der Waals surface area contributed by atoms with Crippen LogP contribution < -0.4 is 10.0 Å². The van der Waals surface area contributed by atoms with Crippen molar-refractivity contribution in [2.24, 2.45) is 0 Å². The molecule has 3 N–H and O–H groups in total. The summed E-state index contributed by atoms with van der Waals surface area (Å²) >= 11 is 0. The van der Waals surface area contributed by atoms with E-state index in [1.807, 2.05) is 0 Å². The molecule has 8 nitrogen and oxygen atoms in total. The second-order valence-corrected chi connectivity index (χ2v) is 6.16. The number of anilines is 1. The predicted molar refractivity (Wildman–Crippen MR) is 78.5 cm³/mol. The number of nitrogens with one attached hydrogen (secondary N) is 3. The minimum atomic E-state index is -3.61. The topological polar surface area (TPSA) is 101 Å². The highest BCUT2D eigenvalue weighted by Gasteiger charge is 2.17. The van der Waals surface area contributed by atoms with Gasteiger partial charge in [-0.1, -0.05) is 0 Å². The van der Waals surface area contributed by atoms with Crippen molar-refractivity contribution in [3.63, 3.8) is 0 Å². The van der Waals surface area contributed by atoms with E-state index < -0.39 is 10.0 Å². The lowest BCUT2D eigenvalue weighted by Crippen LogP contribution is -2.12. The molecule has 9 heteroatoms. The van der Waals surface area contributed by atoms with Crippen LogP contribution in [-0.2, 0) is 27.8 Å². The van der Waals surface area contributed by atoms with Crippen LogP contribution in [0, 0.1) is 0 Å². The number of rotatable bonds is 8. The Bertz CT molecular complexity index is 677. The molecule has 0 amide bonds. The van der Waals surface area contributed by atoms with Crippen LogP contribution in [0.5, 0.6) is 0 Å². The maximum atomic E-state index is 12.2. The second-order valence-electron chi connectivity index (χ2n) is 4.48. The second kappa shape index (κ2) is 6.74. The van der Waals surface area contributed by atoms with Gasteiger partial charge in [-0.2, -0.15) is 5.10 Å². The first-order valence-electron chi connectivity index (χ1n) is 6.41. The number of hydrogen-bond acceptors (Lipinski definition) is 5. The van der Waals surface area contributed by atoms with E-state index in [9.17, 15) is 8.42 Å². The maximum absolute atomic E-state index is 12.2. The van der Waals surface area contributed by atoms with E-state index in [4.69, 9.17) is 4.74 Å². The average Bonchev–Trinajstić information content (AvgIpc) is 3.06. The summed E-state index contributed by atoms with van der Waals surface area (Å²) in [6, 6.07) is 1.59. The van der Waals surface area contributed by atoms with E-state index in [0.29, 0.717) is 25.4 Å². The number of methoxy groups -OCH3 is 1. The van der Waals surface area contributed by atoms with Crippen molar-refractivity contribution in [2.45, 2.75) is 18.0 Å². The minimum absolute atomic E-state index is 0.192. The summed E-state index contributed by atoms with van der Waals surface area (Å²) in [4.78, 5) is 3.10. The first kappa shape index (κ1) is 15.5. The summed E-state index contributed by atoms with van der Waals surface area (Å²) in [6.45, 7) is 1.65. The lowest BCUT2D eigenvalue weighted by Gasteiger charge is -2.03. The molecule has 0 aliphatic carbocycles. The zero-order valence-electron chi connectivity index (χ0n) is 12.0. The molecule has 0 aromatic carbocycles. The van der Waals surface area contributed by atoms with Crippen LogP contribution in [-0.4, -0.2) is 43.9 Å². The van der Waals surface area contributed by atoms with Crippen molar-refractivity contribution in [2.75, 3.05) is 25.5 Å². The average molecular weight is 313 g/mol. The first-order chi connectivity index (χ1) is 10.0. The third kappa shape index (κ3) is 4.06. The van der Waals surface area contributed by atoms with Gasteiger partial charge in [-0.3, -0.25) is 9.40 Å². The third-order valence-corrected chi connectivity index (χ3v) is 4.16. The molecule has 0 aliphatic heterocycles. The predicted octanol–water partition coefficient (Wildman–Crippen LogP) is 0.378. The third-order valence-electron chi connectivity index (χ3n) is 2.80. The number of sulfonamides is 1. The Balaban J connectivity index is 2.07. The number of ether oxygens (including phenoxy) is 1. The summed E-state index contributed by atoms with van der Waals surface area (Å²) in [5, 5.41) is 7.01. The Kier molecular flexibility index (Phi) is 4.99. The molecule has 0 bridgehead atoms. The molecular formula is C12H19N5O3S. The Morgan fingerprint density at radius 2 is 2.29 bits per heavy atom. The van der Waals surface area contributed by atoms with Crippen LogP contribution in [0.3, 0.4) is 0 Å². The van der Waals surface area contributed by atoms with E-state index >= 15 is 0 Å². The summed E-state index contributed by atoms with van der Waals surface area (Å²) in [5.74, 6) is 0. The molecule has 0 atom stereocenters. The van der Waals surface area contributed by atoms with Gasteiger partial charge in [0.2, 0.25) is 0 Å². The van der Waals surface area contributed by atoms with E-state index in [1.54, 1.807) is 31.1 Å². The Morgan fingerprint density at radius 1 is 1.48 bits per heavy atom. The lowest BCUT2D eigenvalue weighted by molar-refractivity contribution is 0.183. The number of aromatic amines is 1. The zero-order chi connectivity index (χ0) is 15.3. The fraction of sp³-hybridized carbons (Fsp3) is 0.417. The van der Waals surface area contributed by atoms with Gasteiger partial charge in [-0.25, -0.2) is 8.42 Å². The largest absolute Gasteiger partial charge is 0.383 e. The SMILES string of the molecule is CNCc1cc(S(=O)(=O)Nc2cnn(CCOC)c2)c[nH]1. The van der Waals surface area contributed by atoms with Crippen molar-refractivity contribution in [3.8, 4) is 0 Å². The van der Waals surface area contributed by atoms with Crippen LogP contribution in [0.1, 0.15) is 5.69 Å². The van der Waals surface area contributed by atoms with Crippen molar-refractivity contribution in [3.05, 3.63) is 30.4 Å². The standard InChI is InChI=1S/C12H19N5O3S/c1-13-6-10-5-12(8-14-10)21(18,19)16-11-7-15-17(9-11)3-4-20-2/h5,7-9,13-14,16H,3-4,6H2,1-2H3. The quantitative estimate of drug-likeness (QED) is 0.654. The van der Waals surface area contributed by atoms with Crippen LogP contribution in [0.25, 0.3) is 0 Å². The highest BCUT2D eigenvalue weighted by molar-refractivity contribution is 7.92. The summed E-state index contributed by atoms with van der Waals surface area (Å²) < 4.78 is 33.5. The van der Waals surface area contributed by atoms with Gasteiger partial charge in [0.15, 0.2) is 0 Å². The molecule has 0 saturated heterocycles. The van der Waals surface area contributed by atoms with Crippen molar-refractivity contribution in [1.29, 1.82) is 0 Å². The van der Waals surface area contributed by atoms with Gasteiger partial charge in [0.25, 0.3) is 10.0 Å². The molecule has 116 valence electrons. The summed E-state index contributed by atoms with van der Waals surface area (Å²) in [7, 11) is -0.219. The Hall–Kier alpha value is -1.84. The van der Waals surface area contributed by atoms with E-state index in [-0.39, 0.29) is 4.90 Å². The number of H-pyrrole nitrogens is 1. The summed E-state index contributed by atoms with van der Waals surface area (Å²) in [5.41, 5.74) is 1.22. The molecule has 0 radical (unpaired) electrons. The molecule has 0 saturated carbocycles. The zero-order valence-corrected chi connectivity index (χ0v) is 12.8. The van der Waals surface area contributed by atoms with Crippen molar-refractivity contribution < 1.29 is 13.2 Å². The number of nitrogens with zero attached hydrogens (tertiary/aromatic N) is 2. The molecule has 0 spiro atoms. The van der Waals surface area contributed by atoms with Crippen LogP contribution in [0.15, 0.2) is 29.6 Å². The lowest BCUT2D eigenvalue weighted by atomic mass is 10.4. The van der Waals surface area contributed by atoms with Crippen molar-refractivity contribution in [1.82, 2.24) is 20.1 Å². The Morgan fingerprint density at radius 3 is 3.00 bits per heavy atom. The minimum Gasteiger partial charge on any atom is -0.383 e. The van der Waals surface area contributed by atoms with Gasteiger partial charge in [0.05, 0.1) is 25.0 Å². The van der Waals surface area contributed by atoms with Gasteiger partial charge in [-0.05, 0) is 13.1 Å². The van der Waals surface area contributed by atoms with Crippen molar-refractivity contribution >= 4 is 15.7 Å². The monoisotopic (exact) mass is 313 g/mol. The molecule has 0 aliphatic rings. The highest BCUT2D eigenvalue weighted by atomic mass is 32.2. The maximum Gasteiger partial charge on any atom is 0.263 e. The van der Waals surface area contributed by atoms with Gasteiger partial charge < -0.3 is 15.0 Å². The summed E-state index contributed by atoms with van der Waals surface area (Å²) in [6.07, 6.45) is 4.55.